The van der Waals surface area contributed by atoms with Gasteiger partial charge < -0.3 is 25.0 Å². The predicted molar refractivity (Wildman–Crippen MR) is 121 cm³/mol. The third kappa shape index (κ3) is 5.90. The number of nitrogens with zero attached hydrogens (tertiary/aromatic N) is 1. The van der Waals surface area contributed by atoms with E-state index < -0.39 is 0 Å². The molecule has 2 N–H and O–H groups in total. The van der Waals surface area contributed by atoms with Crippen LogP contribution < -0.4 is 20.1 Å². The van der Waals surface area contributed by atoms with Gasteiger partial charge >= 0.3 is 6.03 Å². The maximum Gasteiger partial charge on any atom is 0.319 e. The average molecular weight is 426 g/mol. The van der Waals surface area contributed by atoms with Crippen LogP contribution in [0.5, 0.6) is 11.5 Å². The van der Waals surface area contributed by atoms with Crippen LogP contribution in [-0.4, -0.2) is 44.1 Å². The van der Waals surface area contributed by atoms with E-state index >= 15 is 0 Å². The maximum atomic E-state index is 12.7. The molecule has 1 aliphatic heterocycles. The number of carbonyl (C=O) groups is 2. The summed E-state index contributed by atoms with van der Waals surface area (Å²) in [5, 5.41) is 5.72. The lowest BCUT2D eigenvalue weighted by molar-refractivity contribution is 0.0761. The number of carbonyl (C=O) groups excluding carboxylic acids is 2. The molecule has 0 aromatic heterocycles. The molecule has 1 unspecified atom stereocenters. The molecular weight excluding hydrogens is 394 g/mol. The highest BCUT2D eigenvalue weighted by Gasteiger charge is 2.18. The van der Waals surface area contributed by atoms with Crippen molar-refractivity contribution < 1.29 is 19.1 Å². The molecule has 1 fully saturated rings. The van der Waals surface area contributed by atoms with Gasteiger partial charge in [0.25, 0.3) is 5.91 Å². The number of rotatable bonds is 6. The summed E-state index contributed by atoms with van der Waals surface area (Å²) in [4.78, 5) is 27.1. The Hall–Kier alpha value is -3.22. The van der Waals surface area contributed by atoms with E-state index in [4.69, 9.17) is 9.47 Å². The van der Waals surface area contributed by atoms with E-state index in [1.807, 2.05) is 30.0 Å². The second-order valence-electron chi connectivity index (χ2n) is 7.71. The Morgan fingerprint density at radius 3 is 2.23 bits per heavy atom. The van der Waals surface area contributed by atoms with Crippen LogP contribution in [0.3, 0.4) is 0 Å². The van der Waals surface area contributed by atoms with E-state index in [1.54, 1.807) is 38.5 Å². The first-order chi connectivity index (χ1) is 15.0. The minimum atomic E-state index is -0.344. The summed E-state index contributed by atoms with van der Waals surface area (Å²) in [5.41, 5.74) is 2.08. The van der Waals surface area contributed by atoms with Crippen molar-refractivity contribution in [3.8, 4) is 11.5 Å². The summed E-state index contributed by atoms with van der Waals surface area (Å²) >= 11 is 0. The third-order valence-corrected chi connectivity index (χ3v) is 5.53. The Kier molecular flexibility index (Phi) is 7.76. The standard InChI is InChI=1S/C24H31N3O4/c1-17(21-16-20(30-2)12-13-22(21)31-3)25-24(29)26-19-10-8-18(9-11-19)23(28)27-14-6-4-5-7-15-27/h8-13,16-17H,4-7,14-15H2,1-3H3,(H2,25,26,29). The summed E-state index contributed by atoms with van der Waals surface area (Å²) in [7, 11) is 3.18. The van der Waals surface area contributed by atoms with Gasteiger partial charge in [-0.3, -0.25) is 4.79 Å². The van der Waals surface area contributed by atoms with Gasteiger partial charge in [0.2, 0.25) is 0 Å². The van der Waals surface area contributed by atoms with Gasteiger partial charge in [-0.1, -0.05) is 12.8 Å². The van der Waals surface area contributed by atoms with Crippen LogP contribution in [0, 0.1) is 0 Å². The quantitative estimate of drug-likeness (QED) is 0.709. The zero-order valence-corrected chi connectivity index (χ0v) is 18.4. The Labute approximate surface area is 183 Å². The van der Waals surface area contributed by atoms with E-state index in [0.717, 1.165) is 31.5 Å². The van der Waals surface area contributed by atoms with Gasteiger partial charge in [0, 0.05) is 29.9 Å². The lowest BCUT2D eigenvalue weighted by Crippen LogP contribution is -2.32. The fourth-order valence-corrected chi connectivity index (χ4v) is 3.77. The number of anilines is 1. The molecule has 2 aromatic rings. The molecule has 1 saturated heterocycles. The zero-order chi connectivity index (χ0) is 22.2. The van der Waals surface area contributed by atoms with Crippen molar-refractivity contribution in [2.75, 3.05) is 32.6 Å². The van der Waals surface area contributed by atoms with E-state index in [-0.39, 0.29) is 18.0 Å². The van der Waals surface area contributed by atoms with Gasteiger partial charge in [-0.05, 0) is 62.2 Å². The van der Waals surface area contributed by atoms with Gasteiger partial charge in [-0.15, -0.1) is 0 Å². The van der Waals surface area contributed by atoms with Crippen molar-refractivity contribution in [2.24, 2.45) is 0 Å². The predicted octanol–water partition coefficient (Wildman–Crippen LogP) is 4.60. The van der Waals surface area contributed by atoms with Crippen LogP contribution in [0.1, 0.15) is 54.6 Å². The molecule has 1 heterocycles. The number of benzene rings is 2. The van der Waals surface area contributed by atoms with Gasteiger partial charge in [0.1, 0.15) is 11.5 Å². The van der Waals surface area contributed by atoms with Crippen molar-refractivity contribution in [3.63, 3.8) is 0 Å². The van der Waals surface area contributed by atoms with Crippen LogP contribution in [0.2, 0.25) is 0 Å². The topological polar surface area (TPSA) is 79.9 Å². The Morgan fingerprint density at radius 1 is 0.935 bits per heavy atom. The minimum Gasteiger partial charge on any atom is -0.497 e. The lowest BCUT2D eigenvalue weighted by Gasteiger charge is -2.20. The van der Waals surface area contributed by atoms with Crippen LogP contribution in [0.25, 0.3) is 0 Å². The highest BCUT2D eigenvalue weighted by Crippen LogP contribution is 2.29. The lowest BCUT2D eigenvalue weighted by atomic mass is 10.1. The molecule has 1 aliphatic rings. The average Bonchev–Trinajstić information content (AvgIpc) is 3.08. The molecule has 166 valence electrons. The van der Waals surface area contributed by atoms with Gasteiger partial charge in [-0.2, -0.15) is 0 Å². The molecule has 3 rings (SSSR count). The van der Waals surface area contributed by atoms with Crippen LogP contribution in [0.15, 0.2) is 42.5 Å². The van der Waals surface area contributed by atoms with Crippen LogP contribution in [0.4, 0.5) is 10.5 Å². The minimum absolute atomic E-state index is 0.0524. The summed E-state index contributed by atoms with van der Waals surface area (Å²) in [6, 6.07) is 11.8. The largest absolute Gasteiger partial charge is 0.497 e. The molecule has 2 aromatic carbocycles. The summed E-state index contributed by atoms with van der Waals surface area (Å²) < 4.78 is 10.7. The molecule has 0 saturated carbocycles. The van der Waals surface area contributed by atoms with Crippen molar-refractivity contribution in [3.05, 3.63) is 53.6 Å². The maximum absolute atomic E-state index is 12.7. The second kappa shape index (κ2) is 10.7. The molecule has 31 heavy (non-hydrogen) atoms. The normalized spacial score (nSPS) is 14.9. The number of urea groups is 1. The highest BCUT2D eigenvalue weighted by atomic mass is 16.5. The molecule has 0 radical (unpaired) electrons. The molecule has 3 amide bonds. The van der Waals surface area contributed by atoms with E-state index in [0.29, 0.717) is 22.7 Å². The fourth-order valence-electron chi connectivity index (χ4n) is 3.77. The Morgan fingerprint density at radius 2 is 1.61 bits per heavy atom. The molecule has 0 aliphatic carbocycles. The molecule has 7 heteroatoms. The van der Waals surface area contributed by atoms with E-state index in [2.05, 4.69) is 10.6 Å². The second-order valence-corrected chi connectivity index (χ2v) is 7.71. The Balaban J connectivity index is 1.60. The van der Waals surface area contributed by atoms with Crippen LogP contribution >= 0.6 is 0 Å². The molecule has 0 spiro atoms. The van der Waals surface area contributed by atoms with Crippen LogP contribution in [-0.2, 0) is 0 Å². The number of hydrogen-bond donors (Lipinski definition) is 2. The number of nitrogens with one attached hydrogen (secondary N) is 2. The number of amides is 3. The number of hydrogen-bond acceptors (Lipinski definition) is 4. The van der Waals surface area contributed by atoms with Crippen molar-refractivity contribution in [1.82, 2.24) is 10.2 Å². The smallest absolute Gasteiger partial charge is 0.319 e. The molecule has 7 nitrogen and oxygen atoms in total. The first kappa shape index (κ1) is 22.5. The van der Waals surface area contributed by atoms with Crippen molar-refractivity contribution >= 4 is 17.6 Å². The third-order valence-electron chi connectivity index (χ3n) is 5.53. The Bertz CT molecular complexity index is 890. The van der Waals surface area contributed by atoms with E-state index in [1.165, 1.54) is 12.8 Å². The summed E-state index contributed by atoms with van der Waals surface area (Å²) in [6.07, 6.45) is 4.48. The summed E-state index contributed by atoms with van der Waals surface area (Å²) in [6.45, 7) is 3.50. The fraction of sp³-hybridized carbons (Fsp3) is 0.417. The molecule has 1 atom stereocenters. The van der Waals surface area contributed by atoms with Gasteiger partial charge in [0.05, 0.1) is 20.3 Å². The van der Waals surface area contributed by atoms with Crippen molar-refractivity contribution in [2.45, 2.75) is 38.6 Å². The monoisotopic (exact) mass is 425 g/mol. The summed E-state index contributed by atoms with van der Waals surface area (Å²) in [5.74, 6) is 1.41. The number of methoxy groups -OCH3 is 2. The zero-order valence-electron chi connectivity index (χ0n) is 18.4. The first-order valence-corrected chi connectivity index (χ1v) is 10.7. The molecular formula is C24H31N3O4. The SMILES string of the molecule is COc1ccc(OC)c(C(C)NC(=O)Nc2ccc(C(=O)N3CCCCCC3)cc2)c1. The molecule has 0 bridgehead atoms. The highest BCUT2D eigenvalue weighted by molar-refractivity contribution is 5.95. The first-order valence-electron chi connectivity index (χ1n) is 10.7. The number of ether oxygens (including phenoxy) is 2. The number of likely N-dealkylation sites (tertiary alicyclic amines) is 1. The van der Waals surface area contributed by atoms with E-state index in [9.17, 15) is 9.59 Å². The van der Waals surface area contributed by atoms with Gasteiger partial charge in [-0.25, -0.2) is 4.79 Å². The van der Waals surface area contributed by atoms with Crippen molar-refractivity contribution in [1.29, 1.82) is 0 Å². The van der Waals surface area contributed by atoms with Gasteiger partial charge in [0.15, 0.2) is 0 Å².